The molecule has 0 heterocycles. The second-order valence-corrected chi connectivity index (χ2v) is 7.48. The number of nitriles is 3. The van der Waals surface area contributed by atoms with E-state index in [-0.39, 0.29) is 0 Å². The molecular formula is C26F10N6. The zero-order valence-corrected chi connectivity index (χ0v) is 19.5. The van der Waals surface area contributed by atoms with Crippen molar-refractivity contribution in [1.82, 2.24) is 0 Å². The summed E-state index contributed by atoms with van der Waals surface area (Å²) >= 11 is 0. The molecule has 0 radical (unpaired) electrons. The Kier molecular flexibility index (Phi) is 7.92. The first-order valence-corrected chi connectivity index (χ1v) is 10.2. The van der Waals surface area contributed by atoms with Crippen molar-refractivity contribution in [2.75, 3.05) is 0 Å². The minimum atomic E-state index is -2.48. The predicted molar refractivity (Wildman–Crippen MR) is 117 cm³/mol. The third-order valence-corrected chi connectivity index (χ3v) is 5.50. The smallest absolute Gasteiger partial charge is 0.238 e. The van der Waals surface area contributed by atoms with Crippen LogP contribution in [-0.2, 0) is 0 Å². The lowest BCUT2D eigenvalue weighted by Gasteiger charge is -2.12. The van der Waals surface area contributed by atoms with Gasteiger partial charge in [0.25, 0.3) is 5.69 Å². The van der Waals surface area contributed by atoms with Gasteiger partial charge in [-0.15, -0.1) is 0 Å². The minimum Gasteiger partial charge on any atom is -0.238 e. The van der Waals surface area contributed by atoms with Gasteiger partial charge in [-0.25, -0.2) is 58.4 Å². The van der Waals surface area contributed by atoms with Crippen molar-refractivity contribution in [3.05, 3.63) is 125 Å². The van der Waals surface area contributed by atoms with Crippen LogP contribution in [0.3, 0.4) is 0 Å². The average Bonchev–Trinajstić information content (AvgIpc) is 2.97. The normalized spacial score (nSPS) is 11.7. The van der Waals surface area contributed by atoms with Crippen LogP contribution in [0.2, 0.25) is 0 Å². The molecular weight excluding hydrogens is 586 g/mol. The molecule has 0 fully saturated rings. The zero-order valence-electron chi connectivity index (χ0n) is 19.5. The van der Waals surface area contributed by atoms with E-state index in [1.807, 2.05) is 0 Å². The van der Waals surface area contributed by atoms with Gasteiger partial charge in [0.2, 0.25) is 5.69 Å². The highest BCUT2D eigenvalue weighted by Gasteiger charge is 2.33. The molecule has 0 N–H and O–H groups in total. The van der Waals surface area contributed by atoms with Gasteiger partial charge >= 0.3 is 0 Å². The topological polar surface area (TPSA) is 84.4 Å². The molecule has 0 spiro atoms. The van der Waals surface area contributed by atoms with Crippen LogP contribution in [0, 0.1) is 112 Å². The van der Waals surface area contributed by atoms with Crippen molar-refractivity contribution >= 4 is 22.6 Å². The third-order valence-electron chi connectivity index (χ3n) is 5.50. The molecule has 0 aliphatic rings. The monoisotopic (exact) mass is 586 g/mol. The maximum Gasteiger partial charge on any atom is 0.262 e. The van der Waals surface area contributed by atoms with Gasteiger partial charge in [-0.1, -0.05) is 0 Å². The molecule has 16 heteroatoms. The van der Waals surface area contributed by atoms with Gasteiger partial charge in [0.1, 0.15) is 35.4 Å². The maximum absolute atomic E-state index is 15.7. The summed E-state index contributed by atoms with van der Waals surface area (Å²) in [5, 5.41) is 24.1. The molecule has 3 aromatic rings. The van der Waals surface area contributed by atoms with Crippen LogP contribution in [0.1, 0.15) is 22.3 Å². The fourth-order valence-electron chi connectivity index (χ4n) is 3.69. The first-order valence-electron chi connectivity index (χ1n) is 10.2. The quantitative estimate of drug-likeness (QED) is 0.219. The second kappa shape index (κ2) is 11.0. The number of hydrogen-bond acceptors (Lipinski definition) is 3. The van der Waals surface area contributed by atoms with Gasteiger partial charge in [0.05, 0.1) is 42.0 Å². The van der Waals surface area contributed by atoms with E-state index in [0.717, 1.165) is 18.2 Å². The van der Waals surface area contributed by atoms with Crippen LogP contribution in [0.4, 0.5) is 55.3 Å². The lowest BCUT2D eigenvalue weighted by Crippen LogP contribution is -2.28. The lowest BCUT2D eigenvalue weighted by atomic mass is 9.95. The van der Waals surface area contributed by atoms with Gasteiger partial charge in [-0.3, -0.25) is 0 Å². The van der Waals surface area contributed by atoms with E-state index in [0.29, 0.717) is 0 Å². The highest BCUT2D eigenvalue weighted by Crippen LogP contribution is 2.34. The number of halogens is 10. The lowest BCUT2D eigenvalue weighted by molar-refractivity contribution is 0.446. The standard InChI is InChI=1S/C26F10N6/c1-40-24(12-19(32)15(28)9(6-39)16(29)20(12)33)13-14(27)8(5-38)10(21(34)25(13)41-2)7(4-37)11-17(30)22(35)26(42-3)23(36)18(11)31/b10-7-,24-13-. The molecule has 0 saturated heterocycles. The fraction of sp³-hybridized carbons (Fsp3) is 0. The van der Waals surface area contributed by atoms with Crippen molar-refractivity contribution in [3.8, 4) is 18.2 Å². The Bertz CT molecular complexity index is 1950. The highest BCUT2D eigenvalue weighted by molar-refractivity contribution is 5.82. The second-order valence-electron chi connectivity index (χ2n) is 7.48. The van der Waals surface area contributed by atoms with Crippen LogP contribution >= 0.6 is 0 Å². The Hall–Kier alpha value is -6.36. The van der Waals surface area contributed by atoms with Crippen molar-refractivity contribution in [3.63, 3.8) is 0 Å². The number of rotatable bonds is 2. The Balaban J connectivity index is 2.81. The van der Waals surface area contributed by atoms with E-state index in [4.69, 9.17) is 25.0 Å². The predicted octanol–water partition coefficient (Wildman–Crippen LogP) is 5.72. The summed E-state index contributed by atoms with van der Waals surface area (Å²) in [5.41, 5.74) is -15.1. The molecule has 0 saturated carbocycles. The van der Waals surface area contributed by atoms with Crippen LogP contribution in [0.15, 0.2) is 0 Å². The number of nitrogens with zero attached hydrogens (tertiary/aromatic N) is 6. The molecule has 0 aromatic heterocycles. The van der Waals surface area contributed by atoms with Gasteiger partial charge < -0.3 is 0 Å². The van der Waals surface area contributed by atoms with Crippen molar-refractivity contribution < 1.29 is 43.9 Å². The largest absolute Gasteiger partial charge is 0.262 e. The summed E-state index contributed by atoms with van der Waals surface area (Å²) in [4.78, 5) is 7.21. The Morgan fingerprint density at radius 2 is 0.952 bits per heavy atom. The Morgan fingerprint density at radius 3 is 1.33 bits per heavy atom. The van der Waals surface area contributed by atoms with E-state index >= 15 is 8.78 Å². The molecule has 0 atom stereocenters. The molecule has 42 heavy (non-hydrogen) atoms. The van der Waals surface area contributed by atoms with E-state index in [1.165, 1.54) is 0 Å². The first kappa shape index (κ1) is 30.2. The summed E-state index contributed by atoms with van der Waals surface area (Å²) in [6, 6.07) is 2.59. The molecule has 3 aromatic carbocycles. The zero-order chi connectivity index (χ0) is 31.8. The Labute approximate surface area is 226 Å². The van der Waals surface area contributed by atoms with Crippen LogP contribution in [-0.4, -0.2) is 0 Å². The van der Waals surface area contributed by atoms with Gasteiger partial charge in [-0.05, 0) is 0 Å². The van der Waals surface area contributed by atoms with Crippen molar-refractivity contribution in [2.24, 2.45) is 0 Å². The molecule has 6 nitrogen and oxygen atoms in total. The van der Waals surface area contributed by atoms with E-state index in [1.54, 1.807) is 0 Å². The highest BCUT2D eigenvalue weighted by atomic mass is 19.2. The van der Waals surface area contributed by atoms with Gasteiger partial charge in [0.15, 0.2) is 52.2 Å². The SMILES string of the molecule is [C-]#[N+]/C(c1c(F)c(F)c(C#N)c(F)c1F)=c1/c(F)c(C#N)/c(=C(\C#N)c2c(F)c(F)c([N+]#[C-])c(F)c2F)c(F)c1[N+]#[C-]. The van der Waals surface area contributed by atoms with Crippen molar-refractivity contribution in [1.29, 1.82) is 15.8 Å². The summed E-state index contributed by atoms with van der Waals surface area (Å²) in [6.07, 6.45) is 0. The summed E-state index contributed by atoms with van der Waals surface area (Å²) in [6.45, 7) is 21.0. The first-order chi connectivity index (χ1) is 19.8. The Morgan fingerprint density at radius 1 is 0.500 bits per heavy atom. The maximum atomic E-state index is 15.7. The molecule has 0 amide bonds. The molecule has 0 unspecified atom stereocenters. The van der Waals surface area contributed by atoms with Gasteiger partial charge in [-0.2, -0.15) is 15.8 Å². The van der Waals surface area contributed by atoms with Crippen LogP contribution in [0.25, 0.3) is 25.8 Å². The number of hydrogen-bond donors (Lipinski definition) is 0. The molecule has 0 aliphatic heterocycles. The summed E-state index contributed by atoms with van der Waals surface area (Å²) < 4.78 is 147. The molecule has 3 rings (SSSR count). The summed E-state index contributed by atoms with van der Waals surface area (Å²) in [5.74, 6) is -24.0. The average molecular weight is 586 g/mol. The molecule has 0 bridgehead atoms. The molecule has 204 valence electrons. The fourth-order valence-corrected chi connectivity index (χ4v) is 3.69. The van der Waals surface area contributed by atoms with E-state index < -0.39 is 114 Å². The molecule has 0 aliphatic carbocycles. The third kappa shape index (κ3) is 4.09. The minimum absolute atomic E-state index is 0.790. The van der Waals surface area contributed by atoms with Crippen LogP contribution in [0.5, 0.6) is 0 Å². The number of benzene rings is 3. The van der Waals surface area contributed by atoms with Gasteiger partial charge in [0, 0.05) is 10.4 Å². The van der Waals surface area contributed by atoms with E-state index in [9.17, 15) is 45.6 Å². The van der Waals surface area contributed by atoms with E-state index in [2.05, 4.69) is 14.5 Å². The summed E-state index contributed by atoms with van der Waals surface area (Å²) in [7, 11) is 0. The van der Waals surface area contributed by atoms with Crippen molar-refractivity contribution in [2.45, 2.75) is 0 Å². The van der Waals surface area contributed by atoms with Crippen LogP contribution < -0.4 is 10.4 Å².